The van der Waals surface area contributed by atoms with Crippen molar-refractivity contribution < 1.29 is 18.7 Å². The molecule has 0 radical (unpaired) electrons. The Balaban J connectivity index is 0.00000220. The zero-order chi connectivity index (χ0) is 26.8. The van der Waals surface area contributed by atoms with Crippen molar-refractivity contribution in [3.8, 4) is 11.6 Å². The molecule has 12 nitrogen and oxygen atoms in total. The number of fused-ring (bicyclic) bond motifs is 1. The Kier molecular flexibility index (Phi) is 10.0. The number of rotatable bonds is 7. The Bertz CT molecular complexity index is 1500. The molecule has 0 unspecified atom stereocenters. The molecule has 0 spiro atoms. The Hall–Kier alpha value is -3.78. The molecule has 15 heteroatoms. The van der Waals surface area contributed by atoms with E-state index in [1.807, 2.05) is 0 Å². The SMILES string of the molecule is Cc1cc(C(=O)Nc2cc(Oc3ccc4nc(NC(=O)CN5CCN(C)CC5)cn4n3)ccc2F)n(C)n1.Cl.Cl. The molecule has 4 heterocycles. The van der Waals surface area contributed by atoms with Gasteiger partial charge < -0.3 is 20.3 Å². The van der Waals surface area contributed by atoms with Gasteiger partial charge in [0, 0.05) is 45.4 Å². The highest BCUT2D eigenvalue weighted by Crippen LogP contribution is 2.26. The number of ether oxygens (including phenoxy) is 1. The predicted octanol–water partition coefficient (Wildman–Crippen LogP) is 2.98. The van der Waals surface area contributed by atoms with E-state index >= 15 is 0 Å². The van der Waals surface area contributed by atoms with Crippen molar-refractivity contribution in [1.29, 1.82) is 0 Å². The average Bonchev–Trinajstić information content (AvgIpc) is 3.43. The first-order valence-electron chi connectivity index (χ1n) is 12.1. The summed E-state index contributed by atoms with van der Waals surface area (Å²) in [6.07, 6.45) is 1.59. The first kappa shape index (κ1) is 30.8. The lowest BCUT2D eigenvalue weighted by molar-refractivity contribution is -0.117. The summed E-state index contributed by atoms with van der Waals surface area (Å²) >= 11 is 0. The number of carbonyl (C=O) groups is 2. The van der Waals surface area contributed by atoms with Crippen molar-refractivity contribution in [2.75, 3.05) is 50.4 Å². The Labute approximate surface area is 242 Å². The van der Waals surface area contributed by atoms with Gasteiger partial charge in [0.05, 0.1) is 24.1 Å². The zero-order valence-corrected chi connectivity index (χ0v) is 23.8. The third-order valence-electron chi connectivity index (χ3n) is 6.17. The van der Waals surface area contributed by atoms with Gasteiger partial charge in [-0.1, -0.05) is 0 Å². The summed E-state index contributed by atoms with van der Waals surface area (Å²) in [5.74, 6) is -0.377. The van der Waals surface area contributed by atoms with E-state index < -0.39 is 11.7 Å². The third kappa shape index (κ3) is 7.24. The summed E-state index contributed by atoms with van der Waals surface area (Å²) in [5.41, 5.74) is 1.45. The number of amides is 2. The molecule has 0 bridgehead atoms. The van der Waals surface area contributed by atoms with Gasteiger partial charge in [0.1, 0.15) is 17.3 Å². The number of likely N-dealkylation sites (N-methyl/N-ethyl adjacent to an activating group) is 1. The van der Waals surface area contributed by atoms with E-state index in [0.29, 0.717) is 29.4 Å². The van der Waals surface area contributed by atoms with Crippen LogP contribution in [0.5, 0.6) is 11.6 Å². The number of nitrogens with zero attached hydrogens (tertiary/aromatic N) is 7. The summed E-state index contributed by atoms with van der Waals surface area (Å²) in [6.45, 7) is 5.61. The maximum atomic E-state index is 14.4. The smallest absolute Gasteiger partial charge is 0.274 e. The number of anilines is 2. The molecule has 4 aromatic rings. The van der Waals surface area contributed by atoms with Crippen LogP contribution < -0.4 is 15.4 Å². The summed E-state index contributed by atoms with van der Waals surface area (Å²) in [4.78, 5) is 33.8. The molecule has 0 atom stereocenters. The lowest BCUT2D eigenvalue weighted by atomic mass is 10.2. The fourth-order valence-corrected chi connectivity index (χ4v) is 4.16. The third-order valence-corrected chi connectivity index (χ3v) is 6.17. The number of nitrogens with one attached hydrogen (secondary N) is 2. The molecular formula is C25H30Cl2FN9O3. The molecular weight excluding hydrogens is 564 g/mol. The number of imidazole rings is 1. The molecule has 1 aliphatic heterocycles. The molecule has 3 aromatic heterocycles. The standard InChI is InChI=1S/C25H28FN9O3.2ClH/c1-16-12-20(33(3)30-16)25(37)27-19-13-17(4-5-18(19)26)38-24-7-6-22-28-21(14-35(22)31-24)29-23(36)15-34-10-8-32(2)9-11-34;;/h4-7,12-14H,8-11,15H2,1-3H3,(H,27,37)(H,29,36);2*1H. The summed E-state index contributed by atoms with van der Waals surface area (Å²) in [5, 5.41) is 13.9. The minimum atomic E-state index is -0.612. The number of hydrogen-bond donors (Lipinski definition) is 2. The van der Waals surface area contributed by atoms with Crippen molar-refractivity contribution >= 4 is 53.8 Å². The van der Waals surface area contributed by atoms with Crippen molar-refractivity contribution in [1.82, 2.24) is 34.2 Å². The number of halogens is 3. The second kappa shape index (κ2) is 13.0. The Morgan fingerprint density at radius 1 is 1.00 bits per heavy atom. The maximum absolute atomic E-state index is 14.4. The minimum absolute atomic E-state index is 0. The lowest BCUT2D eigenvalue weighted by Crippen LogP contribution is -2.47. The normalized spacial score (nSPS) is 13.8. The highest BCUT2D eigenvalue weighted by molar-refractivity contribution is 6.03. The molecule has 40 heavy (non-hydrogen) atoms. The molecule has 2 amide bonds. The van der Waals surface area contributed by atoms with E-state index in [9.17, 15) is 14.0 Å². The molecule has 0 saturated carbocycles. The number of aryl methyl sites for hydroxylation is 2. The van der Waals surface area contributed by atoms with Gasteiger partial charge in [-0.3, -0.25) is 19.2 Å². The fraction of sp³-hybridized carbons (Fsp3) is 0.320. The zero-order valence-electron chi connectivity index (χ0n) is 22.1. The summed E-state index contributed by atoms with van der Waals surface area (Å²) < 4.78 is 23.1. The van der Waals surface area contributed by atoms with Gasteiger partial charge >= 0.3 is 0 Å². The molecule has 214 valence electrons. The van der Waals surface area contributed by atoms with E-state index in [-0.39, 0.29) is 48.0 Å². The largest absolute Gasteiger partial charge is 0.438 e. The van der Waals surface area contributed by atoms with E-state index in [4.69, 9.17) is 4.74 Å². The first-order valence-corrected chi connectivity index (χ1v) is 12.1. The predicted molar refractivity (Wildman–Crippen MR) is 152 cm³/mol. The first-order chi connectivity index (χ1) is 18.2. The molecule has 1 fully saturated rings. The van der Waals surface area contributed by atoms with E-state index in [2.05, 4.69) is 42.7 Å². The molecule has 5 rings (SSSR count). The van der Waals surface area contributed by atoms with Gasteiger partial charge in [0.25, 0.3) is 5.91 Å². The molecule has 0 aliphatic carbocycles. The fourth-order valence-electron chi connectivity index (χ4n) is 4.16. The van der Waals surface area contributed by atoms with Crippen molar-refractivity contribution in [2.45, 2.75) is 6.92 Å². The minimum Gasteiger partial charge on any atom is -0.438 e. The molecule has 1 saturated heterocycles. The van der Waals surface area contributed by atoms with Crippen LogP contribution in [0.2, 0.25) is 0 Å². The Morgan fingerprint density at radius 2 is 1.75 bits per heavy atom. The van der Waals surface area contributed by atoms with Gasteiger partial charge in [-0.25, -0.2) is 13.9 Å². The van der Waals surface area contributed by atoms with Crippen LogP contribution in [0, 0.1) is 12.7 Å². The van der Waals surface area contributed by atoms with E-state index in [0.717, 1.165) is 26.2 Å². The van der Waals surface area contributed by atoms with Crippen LogP contribution in [0.4, 0.5) is 15.9 Å². The van der Waals surface area contributed by atoms with Crippen molar-refractivity contribution in [2.24, 2.45) is 7.05 Å². The highest BCUT2D eigenvalue weighted by Gasteiger charge is 2.18. The molecule has 1 aromatic carbocycles. The number of piperazine rings is 1. The second-order valence-electron chi connectivity index (χ2n) is 9.22. The molecule has 1 aliphatic rings. The second-order valence-corrected chi connectivity index (χ2v) is 9.22. The number of aromatic nitrogens is 5. The van der Waals surface area contributed by atoms with Crippen LogP contribution in [0.15, 0.2) is 42.6 Å². The monoisotopic (exact) mass is 593 g/mol. The van der Waals surface area contributed by atoms with Gasteiger partial charge in [0.15, 0.2) is 11.5 Å². The number of benzene rings is 1. The average molecular weight is 594 g/mol. The van der Waals surface area contributed by atoms with Crippen LogP contribution >= 0.6 is 24.8 Å². The van der Waals surface area contributed by atoms with E-state index in [1.165, 1.54) is 27.4 Å². The van der Waals surface area contributed by atoms with Crippen LogP contribution in [0.25, 0.3) is 5.65 Å². The molecule has 2 N–H and O–H groups in total. The number of hydrogen-bond acceptors (Lipinski definition) is 8. The highest BCUT2D eigenvalue weighted by atomic mass is 35.5. The van der Waals surface area contributed by atoms with E-state index in [1.54, 1.807) is 38.4 Å². The summed E-state index contributed by atoms with van der Waals surface area (Å²) in [6, 6.07) is 8.92. The maximum Gasteiger partial charge on any atom is 0.274 e. The topological polar surface area (TPSA) is 122 Å². The van der Waals surface area contributed by atoms with Gasteiger partial charge in [-0.2, -0.15) is 5.10 Å². The Morgan fingerprint density at radius 3 is 2.45 bits per heavy atom. The van der Waals surface area contributed by atoms with Crippen LogP contribution in [-0.2, 0) is 11.8 Å². The quantitative estimate of drug-likeness (QED) is 0.335. The van der Waals surface area contributed by atoms with Crippen LogP contribution in [0.1, 0.15) is 16.2 Å². The van der Waals surface area contributed by atoms with Crippen LogP contribution in [0.3, 0.4) is 0 Å². The number of carbonyl (C=O) groups excluding carboxylic acids is 2. The van der Waals surface area contributed by atoms with Crippen molar-refractivity contribution in [3.05, 3.63) is 59.8 Å². The van der Waals surface area contributed by atoms with Crippen LogP contribution in [-0.4, -0.2) is 85.8 Å². The summed E-state index contributed by atoms with van der Waals surface area (Å²) in [7, 11) is 3.71. The van der Waals surface area contributed by atoms with Crippen molar-refractivity contribution in [3.63, 3.8) is 0 Å². The van der Waals surface area contributed by atoms with Gasteiger partial charge in [-0.05, 0) is 38.2 Å². The van der Waals surface area contributed by atoms with Gasteiger partial charge in [0.2, 0.25) is 11.8 Å². The lowest BCUT2D eigenvalue weighted by Gasteiger charge is -2.31. The van der Waals surface area contributed by atoms with Gasteiger partial charge in [-0.15, -0.1) is 29.9 Å².